The van der Waals surface area contributed by atoms with E-state index in [-0.39, 0.29) is 0 Å². The van der Waals surface area contributed by atoms with Crippen molar-refractivity contribution < 1.29 is 0 Å². The van der Waals surface area contributed by atoms with E-state index in [1.165, 1.54) is 19.3 Å². The first-order valence-electron chi connectivity index (χ1n) is 11.3. The van der Waals surface area contributed by atoms with Crippen molar-refractivity contribution in [2.75, 3.05) is 0 Å². The van der Waals surface area contributed by atoms with Crippen LogP contribution in [0.1, 0.15) is 53.4 Å². The Kier molecular flexibility index (Phi) is 5.37. The molecule has 0 spiro atoms. The molecule has 2 atom stereocenters. The van der Waals surface area contributed by atoms with E-state index in [4.69, 9.17) is 0 Å². The molecule has 2 aromatic rings. The van der Waals surface area contributed by atoms with E-state index in [0.717, 1.165) is 0 Å². The second-order valence-corrected chi connectivity index (χ2v) is 21.1. The van der Waals surface area contributed by atoms with Gasteiger partial charge in [-0.2, -0.15) is 0 Å². The van der Waals surface area contributed by atoms with Gasteiger partial charge in [0.1, 0.15) is 0 Å². The lowest BCUT2D eigenvalue weighted by Gasteiger charge is -2.19. The van der Waals surface area contributed by atoms with Gasteiger partial charge in [0, 0.05) is 11.8 Å². The Hall–Kier alpha value is -1.65. The number of allylic oxidation sites excluding steroid dienone is 2. The number of hydrogen-bond acceptors (Lipinski definition) is 0. The van der Waals surface area contributed by atoms with Gasteiger partial charge in [-0.05, 0) is 35.1 Å². The molecule has 0 amide bonds. The second kappa shape index (κ2) is 7.55. The van der Waals surface area contributed by atoms with Gasteiger partial charge in [0.15, 0.2) is 0 Å². The zero-order valence-electron chi connectivity index (χ0n) is 19.0. The Morgan fingerprint density at radius 1 is 0.586 bits per heavy atom. The Balaban J connectivity index is 1.50. The Labute approximate surface area is 179 Å². The number of benzene rings is 2. The van der Waals surface area contributed by atoms with Crippen LogP contribution in [0.2, 0.25) is 39.3 Å². The summed E-state index contributed by atoms with van der Waals surface area (Å²) in [5, 5.41) is 3.34. The van der Waals surface area contributed by atoms with Crippen molar-refractivity contribution in [3.63, 3.8) is 0 Å². The average Bonchev–Trinajstić information content (AvgIpc) is 3.21. The number of rotatable bonds is 6. The SMILES string of the molecule is C[Si](C)(C)C1=CC(CCCC2C=C([Si](C)(C)C)c3ccccc32)c2ccccc21. The lowest BCUT2D eigenvalue weighted by atomic mass is 9.90. The molecule has 4 rings (SSSR count). The molecule has 0 saturated heterocycles. The largest absolute Gasteiger partial charge is 0.0780 e. The average molecular weight is 417 g/mol. The van der Waals surface area contributed by atoms with Crippen LogP contribution in [0.15, 0.2) is 60.7 Å². The van der Waals surface area contributed by atoms with Crippen LogP contribution in [0.3, 0.4) is 0 Å². The summed E-state index contributed by atoms with van der Waals surface area (Å²) in [5.74, 6) is 1.23. The van der Waals surface area contributed by atoms with Gasteiger partial charge in [0.25, 0.3) is 0 Å². The van der Waals surface area contributed by atoms with Gasteiger partial charge in [-0.15, -0.1) is 0 Å². The van der Waals surface area contributed by atoms with Crippen LogP contribution in [0.4, 0.5) is 0 Å². The van der Waals surface area contributed by atoms with E-state index in [1.807, 2.05) is 0 Å². The highest BCUT2D eigenvalue weighted by Crippen LogP contribution is 2.45. The van der Waals surface area contributed by atoms with Crippen LogP contribution in [0, 0.1) is 0 Å². The maximum absolute atomic E-state index is 2.63. The van der Waals surface area contributed by atoms with Crippen molar-refractivity contribution in [3.05, 3.63) is 82.9 Å². The fraction of sp³-hybridized carbons (Fsp3) is 0.407. The number of hydrogen-bond donors (Lipinski definition) is 0. The molecule has 0 nitrogen and oxygen atoms in total. The highest BCUT2D eigenvalue weighted by molar-refractivity contribution is 6.94. The summed E-state index contributed by atoms with van der Waals surface area (Å²) < 4.78 is 0. The van der Waals surface area contributed by atoms with E-state index in [9.17, 15) is 0 Å². The minimum atomic E-state index is -1.30. The molecule has 0 saturated carbocycles. The molecule has 2 aromatic carbocycles. The molecule has 0 fully saturated rings. The fourth-order valence-electron chi connectivity index (χ4n) is 5.24. The smallest absolute Gasteiger partial charge is 0.0771 e. The third kappa shape index (κ3) is 4.02. The zero-order valence-corrected chi connectivity index (χ0v) is 21.0. The van der Waals surface area contributed by atoms with Crippen molar-refractivity contribution in [3.8, 4) is 0 Å². The van der Waals surface area contributed by atoms with E-state index in [1.54, 1.807) is 32.6 Å². The molecule has 0 heterocycles. The maximum Gasteiger partial charge on any atom is 0.0780 e. The van der Waals surface area contributed by atoms with Crippen molar-refractivity contribution in [1.82, 2.24) is 0 Å². The summed E-state index contributed by atoms with van der Waals surface area (Å²) in [6.45, 7) is 14.9. The van der Waals surface area contributed by atoms with Crippen LogP contribution in [0.5, 0.6) is 0 Å². The van der Waals surface area contributed by atoms with Gasteiger partial charge in [-0.1, -0.05) is 117 Å². The van der Waals surface area contributed by atoms with Crippen molar-refractivity contribution >= 4 is 26.5 Å². The van der Waals surface area contributed by atoms with E-state index in [0.29, 0.717) is 11.8 Å². The third-order valence-corrected chi connectivity index (χ3v) is 10.8. The van der Waals surface area contributed by atoms with E-state index < -0.39 is 16.1 Å². The topological polar surface area (TPSA) is 0 Å². The molecule has 0 aromatic heterocycles. The highest BCUT2D eigenvalue weighted by Gasteiger charge is 2.32. The molecule has 0 radical (unpaired) electrons. The summed E-state index contributed by atoms with van der Waals surface area (Å²) >= 11 is 0. The van der Waals surface area contributed by atoms with Crippen LogP contribution < -0.4 is 0 Å². The quantitative estimate of drug-likeness (QED) is 0.416. The normalized spacial score (nSPS) is 20.9. The Morgan fingerprint density at radius 3 is 1.34 bits per heavy atom. The summed E-state index contributed by atoms with van der Waals surface area (Å²) in [6, 6.07) is 18.3. The monoisotopic (exact) mass is 416 g/mol. The van der Waals surface area contributed by atoms with Crippen molar-refractivity contribution in [2.24, 2.45) is 0 Å². The molecule has 2 heteroatoms. The zero-order chi connectivity index (χ0) is 20.8. The standard InChI is InChI=1S/C27H36Si2/c1-28(2,3)26-18-20(22-14-7-9-16-24(22)26)12-11-13-21-19-27(29(4,5)6)25-17-10-8-15-23(21)25/h7-10,14-21H,11-13H2,1-6H3. The van der Waals surface area contributed by atoms with Crippen LogP contribution in [-0.4, -0.2) is 16.1 Å². The molecule has 29 heavy (non-hydrogen) atoms. The summed E-state index contributed by atoms with van der Waals surface area (Å²) in [5.41, 5.74) is 6.25. The lowest BCUT2D eigenvalue weighted by Crippen LogP contribution is -2.21. The molecule has 2 aliphatic rings. The van der Waals surface area contributed by atoms with Crippen LogP contribution in [0.25, 0.3) is 10.4 Å². The van der Waals surface area contributed by atoms with Crippen LogP contribution in [-0.2, 0) is 0 Å². The van der Waals surface area contributed by atoms with Gasteiger partial charge in [-0.3, -0.25) is 0 Å². The molecule has 2 aliphatic carbocycles. The highest BCUT2D eigenvalue weighted by atomic mass is 28.3. The second-order valence-electron chi connectivity index (χ2n) is 11.0. The predicted octanol–water partition coefficient (Wildman–Crippen LogP) is 8.27. The molecule has 0 bridgehead atoms. The van der Waals surface area contributed by atoms with Gasteiger partial charge in [0.2, 0.25) is 0 Å². The Bertz CT molecular complexity index is 887. The molecule has 0 aliphatic heterocycles. The van der Waals surface area contributed by atoms with Gasteiger partial charge in [0.05, 0.1) is 16.1 Å². The maximum atomic E-state index is 2.63. The molecular formula is C27H36Si2. The minimum absolute atomic E-state index is 0.616. The molecule has 2 unspecified atom stereocenters. The molecule has 152 valence electrons. The molecular weight excluding hydrogens is 380 g/mol. The Morgan fingerprint density at radius 2 is 0.966 bits per heavy atom. The van der Waals surface area contributed by atoms with Gasteiger partial charge in [-0.25, -0.2) is 0 Å². The number of fused-ring (bicyclic) bond motifs is 2. The summed E-state index contributed by atoms with van der Waals surface area (Å²) in [7, 11) is -2.61. The summed E-state index contributed by atoms with van der Waals surface area (Å²) in [6.07, 6.45) is 9.11. The lowest BCUT2D eigenvalue weighted by molar-refractivity contribution is 0.613. The van der Waals surface area contributed by atoms with Crippen molar-refractivity contribution in [1.29, 1.82) is 0 Å². The first-order chi connectivity index (χ1) is 13.7. The first-order valence-corrected chi connectivity index (χ1v) is 18.3. The fourth-order valence-corrected chi connectivity index (χ4v) is 8.71. The van der Waals surface area contributed by atoms with Crippen molar-refractivity contribution in [2.45, 2.75) is 70.4 Å². The van der Waals surface area contributed by atoms with Gasteiger partial charge < -0.3 is 0 Å². The van der Waals surface area contributed by atoms with Gasteiger partial charge >= 0.3 is 0 Å². The van der Waals surface area contributed by atoms with E-state index >= 15 is 0 Å². The molecule has 0 N–H and O–H groups in total. The minimum Gasteiger partial charge on any atom is -0.0771 e. The first kappa shape index (κ1) is 20.6. The van der Waals surface area contributed by atoms with Crippen LogP contribution >= 0.6 is 0 Å². The predicted molar refractivity (Wildman–Crippen MR) is 135 cm³/mol. The third-order valence-electron chi connectivity index (χ3n) is 6.68. The van der Waals surface area contributed by atoms with E-state index in [2.05, 4.69) is 100.0 Å². The summed E-state index contributed by atoms with van der Waals surface area (Å²) in [4.78, 5) is 0.